The molecular formula is C18H27N3O3. The van der Waals surface area contributed by atoms with Crippen molar-refractivity contribution in [3.8, 4) is 0 Å². The zero-order valence-corrected chi connectivity index (χ0v) is 14.4. The third kappa shape index (κ3) is 4.45. The number of aliphatic hydroxyl groups is 1. The highest BCUT2D eigenvalue weighted by Gasteiger charge is 2.26. The molecule has 1 saturated heterocycles. The molecule has 6 heteroatoms. The molecule has 6 nitrogen and oxygen atoms in total. The SMILES string of the molecule is CCCc1noc(CN2CCCCC[C@H]2C[C@H](O)c2ccco2)n1. The summed E-state index contributed by atoms with van der Waals surface area (Å²) in [5.74, 6) is 2.11. The Bertz CT molecular complexity index is 596. The van der Waals surface area contributed by atoms with Crippen molar-refractivity contribution in [2.24, 2.45) is 0 Å². The number of aliphatic hydroxyl groups excluding tert-OH is 1. The van der Waals surface area contributed by atoms with E-state index in [9.17, 15) is 5.11 Å². The average Bonchev–Trinajstić information content (AvgIpc) is 3.20. The lowest BCUT2D eigenvalue weighted by molar-refractivity contribution is 0.0779. The van der Waals surface area contributed by atoms with E-state index >= 15 is 0 Å². The van der Waals surface area contributed by atoms with E-state index in [0.29, 0.717) is 30.7 Å². The first-order valence-electron chi connectivity index (χ1n) is 9.03. The van der Waals surface area contributed by atoms with Gasteiger partial charge in [-0.2, -0.15) is 4.98 Å². The fraction of sp³-hybridized carbons (Fsp3) is 0.667. The lowest BCUT2D eigenvalue weighted by atomic mass is 10.0. The Kier molecular flexibility index (Phi) is 6.04. The minimum Gasteiger partial charge on any atom is -0.467 e. The second kappa shape index (κ2) is 8.44. The minimum atomic E-state index is -0.566. The third-order valence-electron chi connectivity index (χ3n) is 4.69. The summed E-state index contributed by atoms with van der Waals surface area (Å²) in [6.45, 7) is 3.77. The average molecular weight is 333 g/mol. The number of aromatic nitrogens is 2. The zero-order valence-electron chi connectivity index (χ0n) is 14.4. The number of hydrogen-bond acceptors (Lipinski definition) is 6. The van der Waals surface area contributed by atoms with Crippen molar-refractivity contribution in [2.45, 2.75) is 70.6 Å². The minimum absolute atomic E-state index is 0.300. The second-order valence-electron chi connectivity index (χ2n) is 6.59. The van der Waals surface area contributed by atoms with Crippen LogP contribution in [0.25, 0.3) is 0 Å². The van der Waals surface area contributed by atoms with Crippen molar-refractivity contribution in [3.63, 3.8) is 0 Å². The molecule has 132 valence electrons. The van der Waals surface area contributed by atoms with Gasteiger partial charge in [-0.1, -0.05) is 24.9 Å². The summed E-state index contributed by atoms with van der Waals surface area (Å²) >= 11 is 0. The van der Waals surface area contributed by atoms with Gasteiger partial charge in [0.05, 0.1) is 12.8 Å². The van der Waals surface area contributed by atoms with Gasteiger partial charge in [0.2, 0.25) is 5.89 Å². The summed E-state index contributed by atoms with van der Waals surface area (Å²) < 4.78 is 10.7. The maximum Gasteiger partial charge on any atom is 0.240 e. The summed E-state index contributed by atoms with van der Waals surface area (Å²) in [4.78, 5) is 6.87. The van der Waals surface area contributed by atoms with E-state index < -0.39 is 6.10 Å². The molecule has 1 aliphatic heterocycles. The maximum absolute atomic E-state index is 10.4. The molecule has 3 rings (SSSR count). The molecule has 0 amide bonds. The van der Waals surface area contributed by atoms with Crippen molar-refractivity contribution in [3.05, 3.63) is 35.9 Å². The first-order chi connectivity index (χ1) is 11.8. The number of rotatable bonds is 7. The molecule has 0 radical (unpaired) electrons. The van der Waals surface area contributed by atoms with Gasteiger partial charge < -0.3 is 14.0 Å². The van der Waals surface area contributed by atoms with E-state index in [1.165, 1.54) is 19.3 Å². The predicted molar refractivity (Wildman–Crippen MR) is 89.2 cm³/mol. The van der Waals surface area contributed by atoms with Crippen LogP contribution in [0.1, 0.15) is 69.0 Å². The molecule has 0 bridgehead atoms. The van der Waals surface area contributed by atoms with Gasteiger partial charge in [0, 0.05) is 12.5 Å². The van der Waals surface area contributed by atoms with Gasteiger partial charge in [-0.25, -0.2) is 0 Å². The summed E-state index contributed by atoms with van der Waals surface area (Å²) in [5.41, 5.74) is 0. The van der Waals surface area contributed by atoms with Gasteiger partial charge in [-0.05, 0) is 44.4 Å². The van der Waals surface area contributed by atoms with Crippen LogP contribution in [0.2, 0.25) is 0 Å². The fourth-order valence-electron chi connectivity index (χ4n) is 3.42. The molecule has 2 atom stereocenters. The van der Waals surface area contributed by atoms with E-state index in [4.69, 9.17) is 8.94 Å². The van der Waals surface area contributed by atoms with Crippen LogP contribution in [0.15, 0.2) is 27.3 Å². The smallest absolute Gasteiger partial charge is 0.240 e. The van der Waals surface area contributed by atoms with Gasteiger partial charge in [0.25, 0.3) is 0 Å². The van der Waals surface area contributed by atoms with Crippen LogP contribution in [-0.2, 0) is 13.0 Å². The number of nitrogens with zero attached hydrogens (tertiary/aromatic N) is 3. The van der Waals surface area contributed by atoms with E-state index in [2.05, 4.69) is 22.0 Å². The number of furan rings is 1. The van der Waals surface area contributed by atoms with E-state index in [1.54, 1.807) is 6.26 Å². The monoisotopic (exact) mass is 333 g/mol. The lowest BCUT2D eigenvalue weighted by Gasteiger charge is -2.29. The Balaban J connectivity index is 1.65. The summed E-state index contributed by atoms with van der Waals surface area (Å²) in [7, 11) is 0. The normalized spacial score (nSPS) is 20.8. The highest BCUT2D eigenvalue weighted by molar-refractivity contribution is 5.02. The third-order valence-corrected chi connectivity index (χ3v) is 4.69. The molecule has 1 fully saturated rings. The predicted octanol–water partition coefficient (Wildman–Crippen LogP) is 3.48. The molecule has 0 unspecified atom stereocenters. The van der Waals surface area contributed by atoms with Crippen LogP contribution in [0.5, 0.6) is 0 Å². The topological polar surface area (TPSA) is 75.5 Å². The Labute approximate surface area is 142 Å². The summed E-state index contributed by atoms with van der Waals surface area (Å²) in [6.07, 6.45) is 8.25. The maximum atomic E-state index is 10.4. The molecule has 2 aromatic heterocycles. The number of hydrogen-bond donors (Lipinski definition) is 1. The molecule has 1 aliphatic rings. The molecule has 0 saturated carbocycles. The van der Waals surface area contributed by atoms with Crippen molar-refractivity contribution in [2.75, 3.05) is 6.54 Å². The Hall–Kier alpha value is -1.66. The first-order valence-corrected chi connectivity index (χ1v) is 9.03. The highest BCUT2D eigenvalue weighted by Crippen LogP contribution is 2.27. The van der Waals surface area contributed by atoms with Crippen LogP contribution >= 0.6 is 0 Å². The molecule has 24 heavy (non-hydrogen) atoms. The van der Waals surface area contributed by atoms with Gasteiger partial charge in [0.15, 0.2) is 5.82 Å². The van der Waals surface area contributed by atoms with Gasteiger partial charge in [-0.15, -0.1) is 0 Å². The van der Waals surface area contributed by atoms with Crippen LogP contribution < -0.4 is 0 Å². The second-order valence-corrected chi connectivity index (χ2v) is 6.59. The van der Waals surface area contributed by atoms with Crippen LogP contribution in [0.3, 0.4) is 0 Å². The van der Waals surface area contributed by atoms with E-state index in [0.717, 1.165) is 31.6 Å². The van der Waals surface area contributed by atoms with Gasteiger partial charge in [-0.3, -0.25) is 4.90 Å². The highest BCUT2D eigenvalue weighted by atomic mass is 16.5. The molecular weight excluding hydrogens is 306 g/mol. The summed E-state index contributed by atoms with van der Waals surface area (Å²) in [6, 6.07) is 3.95. The van der Waals surface area contributed by atoms with Crippen molar-refractivity contribution >= 4 is 0 Å². The van der Waals surface area contributed by atoms with Crippen LogP contribution in [-0.4, -0.2) is 32.7 Å². The Morgan fingerprint density at radius 3 is 3.08 bits per heavy atom. The van der Waals surface area contributed by atoms with E-state index in [1.807, 2.05) is 12.1 Å². The standard InChI is InChI=1S/C18H27N3O3/c1-2-7-17-19-18(24-20-17)13-21-10-5-3-4-8-14(21)12-15(22)16-9-6-11-23-16/h6,9,11,14-15,22H,2-5,7-8,10,12-13H2,1H3/t14-,15-/m0/s1. The number of aryl methyl sites for hydroxylation is 1. The number of likely N-dealkylation sites (tertiary alicyclic amines) is 1. The molecule has 0 aromatic carbocycles. The van der Waals surface area contributed by atoms with Gasteiger partial charge >= 0.3 is 0 Å². The fourth-order valence-corrected chi connectivity index (χ4v) is 3.42. The van der Waals surface area contributed by atoms with Crippen molar-refractivity contribution in [1.82, 2.24) is 15.0 Å². The molecule has 3 heterocycles. The Morgan fingerprint density at radius 2 is 2.29 bits per heavy atom. The Morgan fingerprint density at radius 1 is 1.38 bits per heavy atom. The molecule has 2 aromatic rings. The molecule has 0 aliphatic carbocycles. The summed E-state index contributed by atoms with van der Waals surface area (Å²) in [5, 5.41) is 14.5. The quantitative estimate of drug-likeness (QED) is 0.836. The zero-order chi connectivity index (χ0) is 16.8. The van der Waals surface area contributed by atoms with Crippen molar-refractivity contribution < 1.29 is 14.0 Å². The van der Waals surface area contributed by atoms with Crippen LogP contribution in [0, 0.1) is 0 Å². The van der Waals surface area contributed by atoms with Crippen molar-refractivity contribution in [1.29, 1.82) is 0 Å². The lowest BCUT2D eigenvalue weighted by Crippen LogP contribution is -2.35. The van der Waals surface area contributed by atoms with Gasteiger partial charge in [0.1, 0.15) is 11.9 Å². The van der Waals surface area contributed by atoms with E-state index in [-0.39, 0.29) is 0 Å². The molecule has 1 N–H and O–H groups in total. The first kappa shape index (κ1) is 17.2. The molecule has 0 spiro atoms. The largest absolute Gasteiger partial charge is 0.467 e. The van der Waals surface area contributed by atoms with Crippen LogP contribution in [0.4, 0.5) is 0 Å².